The maximum atomic E-state index is 11.1. The minimum Gasteiger partial charge on any atom is -0.394 e. The summed E-state index contributed by atoms with van der Waals surface area (Å²) in [4.78, 5) is 11.1. The standard InChI is InChI=1S/C8H14BrNO6/c1-3(12)10(9)8-7(15)6(14)5(13)4(2-11)16-8/h4-8,11,13-15H,2H2,1H3/t4-,5+,6+,7-,8-/m1/s1. The molecule has 0 aromatic heterocycles. The number of aliphatic hydroxyl groups is 4. The lowest BCUT2D eigenvalue weighted by Crippen LogP contribution is -2.62. The van der Waals surface area contributed by atoms with Gasteiger partial charge in [0.1, 0.15) is 24.4 Å². The lowest BCUT2D eigenvalue weighted by atomic mass is 9.98. The Bertz CT molecular complexity index is 263. The monoisotopic (exact) mass is 299 g/mol. The largest absolute Gasteiger partial charge is 0.394 e. The second-order valence-electron chi connectivity index (χ2n) is 3.55. The van der Waals surface area contributed by atoms with Gasteiger partial charge in [-0.3, -0.25) is 4.79 Å². The van der Waals surface area contributed by atoms with Gasteiger partial charge in [-0.1, -0.05) is 0 Å². The van der Waals surface area contributed by atoms with Crippen LogP contribution in [-0.2, 0) is 9.53 Å². The molecule has 1 aliphatic rings. The van der Waals surface area contributed by atoms with E-state index in [9.17, 15) is 20.1 Å². The number of aliphatic hydroxyl groups excluding tert-OH is 4. The molecule has 0 radical (unpaired) electrons. The molecule has 1 fully saturated rings. The van der Waals surface area contributed by atoms with Gasteiger partial charge in [0.2, 0.25) is 5.91 Å². The normalized spacial score (nSPS) is 39.5. The lowest BCUT2D eigenvalue weighted by Gasteiger charge is -2.42. The average molecular weight is 300 g/mol. The summed E-state index contributed by atoms with van der Waals surface area (Å²) in [5, 5.41) is 37.4. The molecule has 1 aliphatic heterocycles. The van der Waals surface area contributed by atoms with Crippen molar-refractivity contribution in [2.24, 2.45) is 0 Å². The fourth-order valence-electron chi connectivity index (χ4n) is 1.45. The van der Waals surface area contributed by atoms with Gasteiger partial charge in [-0.05, 0) is 0 Å². The Morgan fingerprint density at radius 3 is 2.31 bits per heavy atom. The third-order valence-electron chi connectivity index (χ3n) is 2.39. The molecule has 1 amide bonds. The van der Waals surface area contributed by atoms with Crippen LogP contribution in [0.3, 0.4) is 0 Å². The van der Waals surface area contributed by atoms with Crippen LogP contribution >= 0.6 is 16.1 Å². The summed E-state index contributed by atoms with van der Waals surface area (Å²) in [5.74, 6) is -0.440. The van der Waals surface area contributed by atoms with E-state index in [1.807, 2.05) is 0 Å². The molecule has 1 rings (SSSR count). The molecule has 0 saturated carbocycles. The highest BCUT2D eigenvalue weighted by Gasteiger charge is 2.46. The van der Waals surface area contributed by atoms with Gasteiger partial charge in [-0.2, -0.15) is 0 Å². The molecule has 0 spiro atoms. The first-order valence-electron chi connectivity index (χ1n) is 4.66. The van der Waals surface area contributed by atoms with Crippen LogP contribution in [0.5, 0.6) is 0 Å². The van der Waals surface area contributed by atoms with E-state index in [4.69, 9.17) is 9.84 Å². The van der Waals surface area contributed by atoms with Gasteiger partial charge in [0.15, 0.2) is 6.23 Å². The molecule has 1 saturated heterocycles. The molecule has 8 heteroatoms. The highest BCUT2D eigenvalue weighted by atomic mass is 79.9. The summed E-state index contributed by atoms with van der Waals surface area (Å²) < 4.78 is 6.01. The summed E-state index contributed by atoms with van der Waals surface area (Å²) in [6.45, 7) is 0.705. The summed E-state index contributed by atoms with van der Waals surface area (Å²) in [6.07, 6.45) is -6.56. The number of carbonyl (C=O) groups is 1. The third-order valence-corrected chi connectivity index (χ3v) is 3.29. The maximum Gasteiger partial charge on any atom is 0.231 e. The number of carbonyl (C=O) groups excluding carboxylic acids is 1. The van der Waals surface area contributed by atoms with E-state index in [0.717, 1.165) is 3.93 Å². The van der Waals surface area contributed by atoms with E-state index in [0.29, 0.717) is 0 Å². The van der Waals surface area contributed by atoms with Crippen LogP contribution in [0.15, 0.2) is 0 Å². The van der Waals surface area contributed by atoms with Crippen molar-refractivity contribution in [1.29, 1.82) is 0 Å². The number of nitrogens with zero attached hydrogens (tertiary/aromatic N) is 1. The van der Waals surface area contributed by atoms with Crippen molar-refractivity contribution < 1.29 is 30.0 Å². The van der Waals surface area contributed by atoms with Crippen LogP contribution in [0, 0.1) is 0 Å². The molecule has 7 nitrogen and oxygen atoms in total. The Hall–Kier alpha value is -0.250. The molecule has 5 atom stereocenters. The molecule has 0 aromatic rings. The fourth-order valence-corrected chi connectivity index (χ4v) is 1.79. The van der Waals surface area contributed by atoms with E-state index >= 15 is 0 Å². The summed E-state index contributed by atoms with van der Waals surface area (Å²) >= 11 is 2.87. The van der Waals surface area contributed by atoms with Crippen LogP contribution in [0.2, 0.25) is 0 Å². The minimum atomic E-state index is -1.49. The number of halogens is 1. The first kappa shape index (κ1) is 13.8. The molecular formula is C8H14BrNO6. The molecule has 0 aromatic carbocycles. The van der Waals surface area contributed by atoms with Crippen LogP contribution in [0.4, 0.5) is 0 Å². The van der Waals surface area contributed by atoms with Gasteiger partial charge in [0, 0.05) is 6.92 Å². The van der Waals surface area contributed by atoms with Crippen LogP contribution in [0.1, 0.15) is 6.92 Å². The van der Waals surface area contributed by atoms with E-state index < -0.39 is 43.2 Å². The Kier molecular flexibility index (Phi) is 4.65. The van der Waals surface area contributed by atoms with Gasteiger partial charge in [-0.15, -0.1) is 0 Å². The van der Waals surface area contributed by atoms with Crippen molar-refractivity contribution in [2.75, 3.05) is 6.61 Å². The van der Waals surface area contributed by atoms with E-state index in [1.165, 1.54) is 6.92 Å². The second-order valence-corrected chi connectivity index (χ2v) is 4.31. The van der Waals surface area contributed by atoms with Gasteiger partial charge in [-0.25, -0.2) is 3.93 Å². The van der Waals surface area contributed by atoms with Crippen molar-refractivity contribution in [1.82, 2.24) is 3.93 Å². The summed E-state index contributed by atoms with van der Waals surface area (Å²) in [5.41, 5.74) is 0. The number of rotatable bonds is 2. The number of ether oxygens (including phenoxy) is 1. The quantitative estimate of drug-likeness (QED) is 0.437. The van der Waals surface area contributed by atoms with Crippen molar-refractivity contribution in [2.45, 2.75) is 37.6 Å². The Balaban J connectivity index is 2.82. The van der Waals surface area contributed by atoms with E-state index in [2.05, 4.69) is 16.1 Å². The third kappa shape index (κ3) is 2.53. The van der Waals surface area contributed by atoms with Crippen LogP contribution in [0.25, 0.3) is 0 Å². The molecule has 16 heavy (non-hydrogen) atoms. The predicted molar refractivity (Wildman–Crippen MR) is 55.2 cm³/mol. The van der Waals surface area contributed by atoms with Gasteiger partial charge in [0.25, 0.3) is 0 Å². The maximum absolute atomic E-state index is 11.1. The van der Waals surface area contributed by atoms with E-state index in [-0.39, 0.29) is 0 Å². The molecular weight excluding hydrogens is 286 g/mol. The highest BCUT2D eigenvalue weighted by molar-refractivity contribution is 9.07. The summed E-state index contributed by atoms with van der Waals surface area (Å²) in [7, 11) is 0. The number of hydrogen-bond acceptors (Lipinski definition) is 6. The van der Waals surface area contributed by atoms with Gasteiger partial charge < -0.3 is 25.2 Å². The first-order chi connectivity index (χ1) is 7.40. The molecule has 0 unspecified atom stereocenters. The Morgan fingerprint density at radius 1 is 1.31 bits per heavy atom. The topological polar surface area (TPSA) is 110 Å². The highest BCUT2D eigenvalue weighted by Crippen LogP contribution is 2.25. The van der Waals surface area contributed by atoms with E-state index in [1.54, 1.807) is 0 Å². The zero-order valence-corrected chi connectivity index (χ0v) is 10.1. The fraction of sp³-hybridized carbons (Fsp3) is 0.875. The predicted octanol–water partition coefficient (Wildman–Crippen LogP) is -2.06. The Morgan fingerprint density at radius 2 is 1.88 bits per heavy atom. The Labute approximate surface area is 101 Å². The van der Waals surface area contributed by atoms with Crippen molar-refractivity contribution >= 4 is 22.1 Å². The van der Waals surface area contributed by atoms with Crippen molar-refractivity contribution in [3.63, 3.8) is 0 Å². The second kappa shape index (κ2) is 5.39. The average Bonchev–Trinajstić information content (AvgIpc) is 2.25. The molecule has 0 bridgehead atoms. The molecule has 1 heterocycles. The van der Waals surface area contributed by atoms with Crippen LogP contribution in [-0.4, -0.2) is 67.5 Å². The molecule has 94 valence electrons. The molecule has 4 N–H and O–H groups in total. The number of hydrogen-bond donors (Lipinski definition) is 4. The number of amides is 1. The van der Waals surface area contributed by atoms with Crippen LogP contribution < -0.4 is 0 Å². The van der Waals surface area contributed by atoms with Crippen molar-refractivity contribution in [3.05, 3.63) is 0 Å². The zero-order chi connectivity index (χ0) is 12.5. The van der Waals surface area contributed by atoms with Crippen molar-refractivity contribution in [3.8, 4) is 0 Å². The molecule has 0 aliphatic carbocycles. The van der Waals surface area contributed by atoms with Gasteiger partial charge in [0.05, 0.1) is 22.8 Å². The smallest absolute Gasteiger partial charge is 0.231 e. The zero-order valence-electron chi connectivity index (χ0n) is 8.52. The minimum absolute atomic E-state index is 0.440. The SMILES string of the molecule is CC(=O)N(Br)[C@@H]1O[C@H](CO)[C@H](O)[C@H](O)[C@H]1O. The van der Waals surface area contributed by atoms with Gasteiger partial charge >= 0.3 is 0 Å². The first-order valence-corrected chi connectivity index (χ1v) is 5.37. The lowest BCUT2D eigenvalue weighted by molar-refractivity contribution is -0.248. The summed E-state index contributed by atoms with van der Waals surface area (Å²) in [6, 6.07) is 0.